The number of rotatable bonds is 3. The maximum Gasteiger partial charge on any atom is 0.244 e. The fourth-order valence-corrected chi connectivity index (χ4v) is 2.45. The van der Waals surface area contributed by atoms with Crippen LogP contribution in [0.25, 0.3) is 11.4 Å². The van der Waals surface area contributed by atoms with E-state index in [1.165, 1.54) is 18.4 Å². The van der Waals surface area contributed by atoms with Crippen molar-refractivity contribution in [3.05, 3.63) is 35.7 Å². The highest BCUT2D eigenvalue weighted by Crippen LogP contribution is 2.24. The summed E-state index contributed by atoms with van der Waals surface area (Å²) in [6.45, 7) is 3.18. The summed E-state index contributed by atoms with van der Waals surface area (Å²) in [6.07, 6.45) is 4.58. The number of aryl methyl sites for hydroxylation is 1. The molecule has 1 saturated heterocycles. The molecule has 0 bridgehead atoms. The first-order chi connectivity index (χ1) is 9.36. The average molecular weight is 294 g/mol. The van der Waals surface area contributed by atoms with Crippen LogP contribution in [0, 0.1) is 0 Å². The van der Waals surface area contributed by atoms with Gasteiger partial charge in [0.05, 0.1) is 6.04 Å². The lowest BCUT2D eigenvalue weighted by atomic mass is 10.1. The van der Waals surface area contributed by atoms with Gasteiger partial charge >= 0.3 is 0 Å². The zero-order valence-corrected chi connectivity index (χ0v) is 12.4. The second-order valence-corrected chi connectivity index (χ2v) is 5.01. The Labute approximate surface area is 125 Å². The minimum atomic E-state index is 0. The Kier molecular flexibility index (Phi) is 5.15. The smallest absolute Gasteiger partial charge is 0.244 e. The number of halogens is 1. The van der Waals surface area contributed by atoms with Gasteiger partial charge in [-0.3, -0.25) is 0 Å². The van der Waals surface area contributed by atoms with Crippen LogP contribution in [0.3, 0.4) is 0 Å². The fourth-order valence-electron chi connectivity index (χ4n) is 2.45. The summed E-state index contributed by atoms with van der Waals surface area (Å²) >= 11 is 0. The molecule has 0 amide bonds. The molecule has 2 aromatic rings. The molecule has 0 saturated carbocycles. The van der Waals surface area contributed by atoms with Crippen LogP contribution in [0.4, 0.5) is 0 Å². The monoisotopic (exact) mass is 293 g/mol. The molecule has 0 aliphatic carbocycles. The highest BCUT2D eigenvalue weighted by atomic mass is 35.5. The van der Waals surface area contributed by atoms with Gasteiger partial charge in [0.2, 0.25) is 11.7 Å². The fraction of sp³-hybridized carbons (Fsp3) is 0.467. The van der Waals surface area contributed by atoms with Gasteiger partial charge in [-0.1, -0.05) is 42.8 Å². The molecule has 0 radical (unpaired) electrons. The van der Waals surface area contributed by atoms with Crippen LogP contribution in [0.15, 0.2) is 28.8 Å². The molecule has 1 atom stereocenters. The number of piperidine rings is 1. The molecule has 4 nitrogen and oxygen atoms in total. The highest BCUT2D eigenvalue weighted by Gasteiger charge is 2.21. The zero-order chi connectivity index (χ0) is 13.1. The van der Waals surface area contributed by atoms with Gasteiger partial charge in [-0.2, -0.15) is 4.98 Å². The molecule has 5 heteroatoms. The molecular formula is C15H20ClN3O. The number of nitrogens with zero attached hydrogens (tertiary/aromatic N) is 2. The number of hydrogen-bond acceptors (Lipinski definition) is 4. The maximum atomic E-state index is 5.39. The summed E-state index contributed by atoms with van der Waals surface area (Å²) in [6, 6.07) is 8.57. The number of benzene rings is 1. The van der Waals surface area contributed by atoms with Crippen LogP contribution in [0.5, 0.6) is 0 Å². The van der Waals surface area contributed by atoms with E-state index >= 15 is 0 Å². The second kappa shape index (κ2) is 6.86. The Morgan fingerprint density at radius 2 is 2.05 bits per heavy atom. The molecule has 108 valence electrons. The Hall–Kier alpha value is -1.39. The SMILES string of the molecule is CCc1ccc(-c2noc([C@@H]3CCCCN3)n2)cc1.Cl. The van der Waals surface area contributed by atoms with Crippen molar-refractivity contribution in [2.45, 2.75) is 38.6 Å². The van der Waals surface area contributed by atoms with Crippen molar-refractivity contribution >= 4 is 12.4 Å². The predicted molar refractivity (Wildman–Crippen MR) is 81.0 cm³/mol. The first-order valence-corrected chi connectivity index (χ1v) is 7.03. The quantitative estimate of drug-likeness (QED) is 0.940. The van der Waals surface area contributed by atoms with Gasteiger partial charge < -0.3 is 9.84 Å². The van der Waals surface area contributed by atoms with E-state index in [0.717, 1.165) is 24.9 Å². The third kappa shape index (κ3) is 3.19. The molecule has 0 unspecified atom stereocenters. The van der Waals surface area contributed by atoms with Crippen molar-refractivity contribution in [1.82, 2.24) is 15.5 Å². The summed E-state index contributed by atoms with van der Waals surface area (Å²) in [5.74, 6) is 1.40. The van der Waals surface area contributed by atoms with Gasteiger partial charge in [0.25, 0.3) is 0 Å². The third-order valence-corrected chi connectivity index (χ3v) is 3.67. The van der Waals surface area contributed by atoms with Gasteiger partial charge in [-0.05, 0) is 31.4 Å². The lowest BCUT2D eigenvalue weighted by Gasteiger charge is -2.19. The standard InChI is InChI=1S/C15H19N3O.ClH/c1-2-11-6-8-12(9-7-11)14-17-15(19-18-14)13-5-3-4-10-16-13;/h6-9,13,16H,2-5,10H2,1H3;1H/t13-;/m0./s1. The van der Waals surface area contributed by atoms with Gasteiger partial charge in [-0.25, -0.2) is 0 Å². The summed E-state index contributed by atoms with van der Waals surface area (Å²) in [5, 5.41) is 7.51. The number of nitrogens with one attached hydrogen (secondary N) is 1. The van der Waals surface area contributed by atoms with Crippen LogP contribution >= 0.6 is 12.4 Å². The maximum absolute atomic E-state index is 5.39. The van der Waals surface area contributed by atoms with Crippen LogP contribution < -0.4 is 5.32 Å². The van der Waals surface area contributed by atoms with E-state index in [9.17, 15) is 0 Å². The Morgan fingerprint density at radius 3 is 2.70 bits per heavy atom. The molecule has 0 spiro atoms. The van der Waals surface area contributed by atoms with E-state index in [0.29, 0.717) is 11.7 Å². The molecule has 1 aromatic heterocycles. The molecule has 3 rings (SSSR count). The molecule has 1 aromatic carbocycles. The molecule has 20 heavy (non-hydrogen) atoms. The van der Waals surface area contributed by atoms with Crippen molar-refractivity contribution in [1.29, 1.82) is 0 Å². The van der Waals surface area contributed by atoms with Crippen LogP contribution in [0.1, 0.15) is 43.7 Å². The minimum absolute atomic E-state index is 0. The molecule has 1 fully saturated rings. The van der Waals surface area contributed by atoms with Crippen molar-refractivity contribution in [3.63, 3.8) is 0 Å². The van der Waals surface area contributed by atoms with Crippen LogP contribution in [0.2, 0.25) is 0 Å². The second-order valence-electron chi connectivity index (χ2n) is 5.01. The van der Waals surface area contributed by atoms with E-state index in [-0.39, 0.29) is 18.4 Å². The Balaban J connectivity index is 0.00000147. The summed E-state index contributed by atoms with van der Waals surface area (Å²) in [4.78, 5) is 4.52. The van der Waals surface area contributed by atoms with E-state index < -0.39 is 0 Å². The first-order valence-electron chi connectivity index (χ1n) is 7.03. The lowest BCUT2D eigenvalue weighted by Crippen LogP contribution is -2.26. The van der Waals surface area contributed by atoms with Gasteiger partial charge in [0.15, 0.2) is 0 Å². The molecule has 2 heterocycles. The molecule has 1 aliphatic heterocycles. The van der Waals surface area contributed by atoms with Gasteiger partial charge in [-0.15, -0.1) is 12.4 Å². The molecule has 1 N–H and O–H groups in total. The summed E-state index contributed by atoms with van der Waals surface area (Å²) in [7, 11) is 0. The molecular weight excluding hydrogens is 274 g/mol. The topological polar surface area (TPSA) is 51.0 Å². The van der Waals surface area contributed by atoms with Crippen LogP contribution in [-0.2, 0) is 6.42 Å². The third-order valence-electron chi connectivity index (χ3n) is 3.67. The van der Waals surface area contributed by atoms with Crippen LogP contribution in [-0.4, -0.2) is 16.7 Å². The highest BCUT2D eigenvalue weighted by molar-refractivity contribution is 5.85. The van der Waals surface area contributed by atoms with Crippen molar-refractivity contribution in [2.75, 3.05) is 6.54 Å². The van der Waals surface area contributed by atoms with E-state index in [4.69, 9.17) is 4.52 Å². The van der Waals surface area contributed by atoms with Crippen molar-refractivity contribution in [2.24, 2.45) is 0 Å². The van der Waals surface area contributed by atoms with Crippen molar-refractivity contribution < 1.29 is 4.52 Å². The van der Waals surface area contributed by atoms with E-state index in [1.807, 2.05) is 0 Å². The molecule has 1 aliphatic rings. The normalized spacial score (nSPS) is 18.6. The van der Waals surface area contributed by atoms with Gasteiger partial charge in [0, 0.05) is 5.56 Å². The van der Waals surface area contributed by atoms with E-state index in [2.05, 4.69) is 46.6 Å². The largest absolute Gasteiger partial charge is 0.337 e. The first kappa shape index (κ1) is 15.0. The number of hydrogen-bond donors (Lipinski definition) is 1. The Bertz CT molecular complexity index is 532. The van der Waals surface area contributed by atoms with Crippen molar-refractivity contribution in [3.8, 4) is 11.4 Å². The zero-order valence-electron chi connectivity index (χ0n) is 11.6. The summed E-state index contributed by atoms with van der Waals surface area (Å²) < 4.78 is 5.39. The lowest BCUT2D eigenvalue weighted by molar-refractivity contribution is 0.297. The van der Waals surface area contributed by atoms with Gasteiger partial charge in [0.1, 0.15) is 0 Å². The summed E-state index contributed by atoms with van der Waals surface area (Å²) in [5.41, 5.74) is 2.34. The Morgan fingerprint density at radius 1 is 1.25 bits per heavy atom. The number of aromatic nitrogens is 2. The average Bonchev–Trinajstić information content (AvgIpc) is 2.98. The minimum Gasteiger partial charge on any atom is -0.337 e. The predicted octanol–water partition coefficient (Wildman–Crippen LogP) is 3.54. The van der Waals surface area contributed by atoms with E-state index in [1.54, 1.807) is 0 Å².